The molecule has 0 saturated carbocycles. The van der Waals surface area contributed by atoms with Crippen molar-refractivity contribution in [3.8, 4) is 0 Å². The van der Waals surface area contributed by atoms with E-state index in [-0.39, 0.29) is 0 Å². The minimum Gasteiger partial charge on any atom is -0.421 e. The third-order valence-electron chi connectivity index (χ3n) is 3.48. The number of halogens is 6. The number of hydrogen-bond donors (Lipinski definition) is 0. The van der Waals surface area contributed by atoms with E-state index in [0.717, 1.165) is 4.13 Å². The van der Waals surface area contributed by atoms with Crippen LogP contribution in [0.2, 0.25) is 0 Å². The zero-order valence-corrected chi connectivity index (χ0v) is 15.2. The second-order valence-corrected chi connectivity index (χ2v) is 9.19. The van der Waals surface area contributed by atoms with Gasteiger partial charge < -0.3 is 8.61 Å². The van der Waals surface area contributed by atoms with Crippen molar-refractivity contribution in [2.24, 2.45) is 0 Å². The van der Waals surface area contributed by atoms with Gasteiger partial charge in [0.2, 0.25) is 0 Å². The van der Waals surface area contributed by atoms with Crippen molar-refractivity contribution in [1.82, 2.24) is 0 Å². The topological polar surface area (TPSA) is 82.4 Å². The zero-order chi connectivity index (χ0) is 20.2. The molecule has 0 bridgehead atoms. The van der Waals surface area contributed by atoms with Crippen LogP contribution in [0, 0.1) is 0 Å². The Labute approximate surface area is 142 Å². The van der Waals surface area contributed by atoms with Crippen LogP contribution < -0.4 is 0 Å². The van der Waals surface area contributed by atoms with Gasteiger partial charge in [-0.05, 0) is 6.42 Å². The Hall–Kier alpha value is -0.600. The predicted octanol–water partition coefficient (Wildman–Crippen LogP) is 3.09. The summed E-state index contributed by atoms with van der Waals surface area (Å²) in [5, 5.41) is 0. The van der Waals surface area contributed by atoms with Crippen LogP contribution in [0.25, 0.3) is 4.13 Å². The summed E-state index contributed by atoms with van der Waals surface area (Å²) >= 11 is 0. The summed E-state index contributed by atoms with van der Waals surface area (Å²) in [6, 6.07) is 0. The molecule has 1 rings (SSSR count). The number of nitrogens with zero attached hydrogens (tertiary/aromatic N) is 2. The molecule has 0 spiro atoms. The maximum atomic E-state index is 11.4. The number of quaternary nitrogens is 1. The Kier molecular flexibility index (Phi) is 8.19. The average molecular weight is 422 g/mol. The molecule has 0 radical (unpaired) electrons. The van der Waals surface area contributed by atoms with Crippen molar-refractivity contribution >= 4 is 20.0 Å². The highest BCUT2D eigenvalue weighted by atomic mass is 32.3. The van der Waals surface area contributed by atoms with Crippen LogP contribution in [-0.2, 0) is 20.0 Å². The molecular formula is C11H20F6N2O4S2. The van der Waals surface area contributed by atoms with Crippen molar-refractivity contribution in [2.75, 3.05) is 26.7 Å². The normalized spacial score (nSPS) is 18.6. The molecule has 14 heteroatoms. The highest BCUT2D eigenvalue weighted by Crippen LogP contribution is 2.36. The summed E-state index contributed by atoms with van der Waals surface area (Å²) in [6.45, 7) is 6.55. The smallest absolute Gasteiger partial charge is 0.421 e. The third-order valence-corrected chi connectivity index (χ3v) is 6.22. The van der Waals surface area contributed by atoms with E-state index in [1.54, 1.807) is 0 Å². The van der Waals surface area contributed by atoms with E-state index in [9.17, 15) is 43.2 Å². The van der Waals surface area contributed by atoms with Crippen LogP contribution in [0.4, 0.5) is 26.3 Å². The Morgan fingerprint density at radius 2 is 1.24 bits per heavy atom. The van der Waals surface area contributed by atoms with Crippen LogP contribution in [-0.4, -0.2) is 59.0 Å². The maximum Gasteiger partial charge on any atom is 0.480 e. The fraction of sp³-hybridized carbons (Fsp3) is 1.00. The summed E-state index contributed by atoms with van der Waals surface area (Å²) in [7, 11) is -11.0. The van der Waals surface area contributed by atoms with Crippen molar-refractivity contribution in [3.63, 3.8) is 0 Å². The van der Waals surface area contributed by atoms with Crippen LogP contribution in [0.3, 0.4) is 0 Å². The average Bonchev–Trinajstić information content (AvgIpc) is 2.81. The molecule has 1 aliphatic rings. The van der Waals surface area contributed by atoms with Gasteiger partial charge in [0.05, 0.1) is 26.7 Å². The summed E-state index contributed by atoms with van der Waals surface area (Å²) < 4.78 is 111. The highest BCUT2D eigenvalue weighted by Gasteiger charge is 2.46. The van der Waals surface area contributed by atoms with E-state index in [1.165, 1.54) is 49.8 Å². The summed E-state index contributed by atoms with van der Waals surface area (Å²) in [6.07, 6.45) is 5.69. The second-order valence-electron chi connectivity index (χ2n) is 5.77. The van der Waals surface area contributed by atoms with Gasteiger partial charge >= 0.3 is 11.0 Å². The first-order valence-corrected chi connectivity index (χ1v) is 10.1. The van der Waals surface area contributed by atoms with Crippen molar-refractivity contribution < 1.29 is 47.7 Å². The molecule has 0 aromatic carbocycles. The lowest BCUT2D eigenvalue weighted by Crippen LogP contribution is -2.41. The minimum absolute atomic E-state index is 0.778. The van der Waals surface area contributed by atoms with Gasteiger partial charge in [0.1, 0.15) is 0 Å². The molecule has 0 N–H and O–H groups in total. The lowest BCUT2D eigenvalue weighted by Gasteiger charge is -2.28. The number of rotatable bonds is 5. The van der Waals surface area contributed by atoms with Crippen molar-refractivity contribution in [2.45, 2.75) is 43.6 Å². The zero-order valence-electron chi connectivity index (χ0n) is 13.6. The molecule has 0 atom stereocenters. The minimum atomic E-state index is -6.72. The Morgan fingerprint density at radius 3 is 1.52 bits per heavy atom. The van der Waals surface area contributed by atoms with Crippen LogP contribution in [0.15, 0.2) is 0 Å². The van der Waals surface area contributed by atoms with Gasteiger partial charge in [-0.15, -0.1) is 0 Å². The summed E-state index contributed by atoms with van der Waals surface area (Å²) in [4.78, 5) is 0. The Bertz CT molecular complexity index is 580. The molecule has 25 heavy (non-hydrogen) atoms. The lowest BCUT2D eigenvalue weighted by molar-refractivity contribution is -0.897. The standard InChI is InChI=1S/C9H20N.C2F6NO4S2/c1-3-4-7-10(2)8-5-6-9-10;3-1(4,5)14(10,11)9-15(12,13)2(6,7)8/h3-9H2,1-2H3;/q+1;-1. The number of hydrogen-bond acceptors (Lipinski definition) is 4. The number of sulfonamides is 2. The van der Waals surface area contributed by atoms with Crippen LogP contribution >= 0.6 is 0 Å². The predicted molar refractivity (Wildman–Crippen MR) is 78.2 cm³/mol. The Morgan fingerprint density at radius 1 is 0.880 bits per heavy atom. The molecule has 1 saturated heterocycles. The third kappa shape index (κ3) is 7.66. The van der Waals surface area contributed by atoms with Gasteiger partial charge in [-0.2, -0.15) is 26.3 Å². The van der Waals surface area contributed by atoms with E-state index < -0.39 is 31.1 Å². The molecule has 0 amide bonds. The van der Waals surface area contributed by atoms with Gasteiger partial charge in [-0.3, -0.25) is 0 Å². The molecule has 6 nitrogen and oxygen atoms in total. The largest absolute Gasteiger partial charge is 0.480 e. The first-order chi connectivity index (χ1) is 11.0. The van der Waals surface area contributed by atoms with Gasteiger partial charge in [0, 0.05) is 12.8 Å². The van der Waals surface area contributed by atoms with Crippen molar-refractivity contribution in [1.29, 1.82) is 0 Å². The van der Waals surface area contributed by atoms with Gasteiger partial charge in [0.25, 0.3) is 0 Å². The fourth-order valence-electron chi connectivity index (χ4n) is 2.08. The molecule has 1 fully saturated rings. The molecule has 0 aromatic heterocycles. The number of unbranched alkanes of at least 4 members (excludes halogenated alkanes) is 1. The molecule has 0 aromatic rings. The summed E-state index contributed by atoms with van der Waals surface area (Å²) in [5.41, 5.74) is -12.4. The van der Waals surface area contributed by atoms with E-state index >= 15 is 0 Å². The quantitative estimate of drug-likeness (QED) is 0.504. The highest BCUT2D eigenvalue weighted by molar-refractivity contribution is 8.13. The molecule has 152 valence electrons. The van der Waals surface area contributed by atoms with E-state index in [0.29, 0.717) is 0 Å². The fourth-order valence-corrected chi connectivity index (χ4v) is 3.79. The first kappa shape index (κ1) is 24.4. The Balaban J connectivity index is 0.000000496. The maximum absolute atomic E-state index is 11.4. The number of likely N-dealkylation sites (tertiary alicyclic amines) is 1. The first-order valence-electron chi connectivity index (χ1n) is 7.18. The van der Waals surface area contributed by atoms with Crippen LogP contribution in [0.5, 0.6) is 0 Å². The van der Waals surface area contributed by atoms with E-state index in [2.05, 4.69) is 14.0 Å². The molecular weight excluding hydrogens is 402 g/mol. The second kappa shape index (κ2) is 8.39. The SMILES string of the molecule is CCCC[N+]1(C)CCCC1.O=S(=O)([N-]S(=O)(=O)C(F)(F)F)C(F)(F)F. The molecule has 0 aliphatic carbocycles. The van der Waals surface area contributed by atoms with Crippen LogP contribution in [0.1, 0.15) is 32.6 Å². The number of alkyl halides is 6. The molecule has 0 unspecified atom stereocenters. The molecule has 1 heterocycles. The van der Waals surface area contributed by atoms with Gasteiger partial charge in [0.15, 0.2) is 20.0 Å². The molecule has 1 aliphatic heterocycles. The summed E-state index contributed by atoms with van der Waals surface area (Å²) in [5.74, 6) is 0. The lowest BCUT2D eigenvalue weighted by atomic mass is 10.3. The van der Waals surface area contributed by atoms with Gasteiger partial charge in [-0.1, -0.05) is 13.3 Å². The van der Waals surface area contributed by atoms with Crippen molar-refractivity contribution in [3.05, 3.63) is 4.13 Å². The van der Waals surface area contributed by atoms with Gasteiger partial charge in [-0.25, -0.2) is 16.8 Å². The van der Waals surface area contributed by atoms with E-state index in [4.69, 9.17) is 0 Å². The monoisotopic (exact) mass is 422 g/mol. The van der Waals surface area contributed by atoms with E-state index in [1.807, 2.05) is 0 Å².